The molecule has 0 saturated heterocycles. The Balaban J connectivity index is 0.000000375. The number of hydrogen-bond donors (Lipinski definition) is 1. The standard InChI is InChI=1S/C16H35O4P.C13H12/c1-5-9-11-15(7-3)13-19-21(17,18)20-14-16(8-4)12-10-6-2;1-3-7-12(8-4-1)11-13-9-5-2-6-10-13/h15-16H,5-14H2,1-4H3,(H,17,18);1-10H,11H2. The molecule has 34 heavy (non-hydrogen) atoms. The largest absolute Gasteiger partial charge is 0.472 e. The van der Waals surface area contributed by atoms with Gasteiger partial charge in [0, 0.05) is 0 Å². The molecule has 1 N–H and O–H groups in total. The van der Waals surface area contributed by atoms with Gasteiger partial charge in [-0.15, -0.1) is 0 Å². The molecule has 0 fully saturated rings. The van der Waals surface area contributed by atoms with Crippen LogP contribution in [-0.2, 0) is 20.0 Å². The van der Waals surface area contributed by atoms with Crippen molar-refractivity contribution in [2.24, 2.45) is 11.8 Å². The van der Waals surface area contributed by atoms with Crippen molar-refractivity contribution in [1.29, 1.82) is 0 Å². The van der Waals surface area contributed by atoms with Crippen molar-refractivity contribution in [3.63, 3.8) is 0 Å². The van der Waals surface area contributed by atoms with Crippen LogP contribution in [0.4, 0.5) is 0 Å². The van der Waals surface area contributed by atoms with Gasteiger partial charge in [-0.2, -0.15) is 0 Å². The van der Waals surface area contributed by atoms with Gasteiger partial charge in [-0.1, -0.05) is 127 Å². The number of hydrogen-bond acceptors (Lipinski definition) is 3. The normalized spacial score (nSPS) is 14.5. The Bertz CT molecular complexity index is 705. The quantitative estimate of drug-likeness (QED) is 0.239. The summed E-state index contributed by atoms with van der Waals surface area (Å²) in [5.41, 5.74) is 2.74. The maximum atomic E-state index is 11.9. The highest BCUT2D eigenvalue weighted by Crippen LogP contribution is 2.44. The number of rotatable bonds is 16. The van der Waals surface area contributed by atoms with Crippen molar-refractivity contribution in [3.8, 4) is 0 Å². The Morgan fingerprint density at radius 3 is 1.41 bits per heavy atom. The van der Waals surface area contributed by atoms with E-state index in [1.807, 2.05) is 0 Å². The van der Waals surface area contributed by atoms with Gasteiger partial charge in [-0.3, -0.25) is 9.05 Å². The molecule has 0 radical (unpaired) electrons. The zero-order valence-electron chi connectivity index (χ0n) is 21.8. The zero-order chi connectivity index (χ0) is 25.1. The molecule has 192 valence electrons. The number of unbranched alkanes of at least 4 members (excludes halogenated alkanes) is 2. The Hall–Kier alpha value is -1.45. The van der Waals surface area contributed by atoms with Gasteiger partial charge in [0.2, 0.25) is 0 Å². The molecule has 2 aromatic rings. The summed E-state index contributed by atoms with van der Waals surface area (Å²) >= 11 is 0. The van der Waals surface area contributed by atoms with Gasteiger partial charge >= 0.3 is 7.82 Å². The third kappa shape index (κ3) is 14.7. The summed E-state index contributed by atoms with van der Waals surface area (Å²) in [6.45, 7) is 9.10. The van der Waals surface area contributed by atoms with Crippen LogP contribution in [0.2, 0.25) is 0 Å². The third-order valence-electron chi connectivity index (χ3n) is 6.13. The van der Waals surface area contributed by atoms with Crippen LogP contribution in [0.3, 0.4) is 0 Å². The molecule has 0 bridgehead atoms. The summed E-state index contributed by atoms with van der Waals surface area (Å²) in [5.74, 6) is 0.687. The van der Waals surface area contributed by atoms with Gasteiger partial charge in [0.25, 0.3) is 0 Å². The van der Waals surface area contributed by atoms with E-state index in [1.54, 1.807) is 0 Å². The summed E-state index contributed by atoms with van der Waals surface area (Å²) in [4.78, 5) is 9.77. The van der Waals surface area contributed by atoms with E-state index in [9.17, 15) is 9.46 Å². The van der Waals surface area contributed by atoms with E-state index >= 15 is 0 Å². The van der Waals surface area contributed by atoms with E-state index in [2.05, 4.69) is 88.4 Å². The van der Waals surface area contributed by atoms with E-state index in [4.69, 9.17) is 9.05 Å². The van der Waals surface area contributed by atoms with E-state index in [0.717, 1.165) is 57.8 Å². The fourth-order valence-electron chi connectivity index (χ4n) is 3.66. The topological polar surface area (TPSA) is 55.8 Å². The second-order valence-electron chi connectivity index (χ2n) is 9.04. The fourth-order valence-corrected chi connectivity index (χ4v) is 4.53. The van der Waals surface area contributed by atoms with Crippen LogP contribution in [0.5, 0.6) is 0 Å². The molecule has 2 rings (SSSR count). The highest BCUT2D eigenvalue weighted by molar-refractivity contribution is 7.47. The average molecular weight is 491 g/mol. The minimum atomic E-state index is -3.89. The fraction of sp³-hybridized carbons (Fsp3) is 0.586. The molecule has 2 atom stereocenters. The molecule has 2 aromatic carbocycles. The summed E-state index contributed by atoms with van der Waals surface area (Å²) in [7, 11) is -3.89. The average Bonchev–Trinajstić information content (AvgIpc) is 2.86. The van der Waals surface area contributed by atoms with E-state index in [-0.39, 0.29) is 0 Å². The van der Waals surface area contributed by atoms with Crippen molar-refractivity contribution in [3.05, 3.63) is 71.8 Å². The third-order valence-corrected chi connectivity index (χ3v) is 7.08. The van der Waals surface area contributed by atoms with Gasteiger partial charge in [-0.05, 0) is 42.2 Å². The molecule has 0 saturated carbocycles. The van der Waals surface area contributed by atoms with Crippen LogP contribution >= 0.6 is 7.82 Å². The summed E-state index contributed by atoms with van der Waals surface area (Å²) in [5, 5.41) is 0. The molecule has 0 amide bonds. The first-order chi connectivity index (χ1) is 16.4. The molecular weight excluding hydrogens is 443 g/mol. The lowest BCUT2D eigenvalue weighted by Gasteiger charge is -2.20. The van der Waals surface area contributed by atoms with Gasteiger partial charge in [-0.25, -0.2) is 4.57 Å². The minimum Gasteiger partial charge on any atom is -0.302 e. The molecule has 2 unspecified atom stereocenters. The number of phosphoric ester groups is 1. The molecule has 0 aromatic heterocycles. The highest BCUT2D eigenvalue weighted by Gasteiger charge is 2.24. The molecule has 0 aliphatic heterocycles. The molecule has 0 aliphatic rings. The first-order valence-electron chi connectivity index (χ1n) is 13.1. The minimum absolute atomic E-state index is 0.316. The lowest BCUT2D eigenvalue weighted by Crippen LogP contribution is -2.12. The Labute approximate surface area is 208 Å². The monoisotopic (exact) mass is 490 g/mol. The zero-order valence-corrected chi connectivity index (χ0v) is 22.7. The number of benzene rings is 2. The summed E-state index contributed by atoms with van der Waals surface area (Å²) in [6.07, 6.45) is 9.59. The van der Waals surface area contributed by atoms with Crippen LogP contribution in [0.25, 0.3) is 0 Å². The molecule has 0 heterocycles. The van der Waals surface area contributed by atoms with Crippen molar-refractivity contribution in [2.75, 3.05) is 13.2 Å². The van der Waals surface area contributed by atoms with E-state index < -0.39 is 7.82 Å². The first kappa shape index (κ1) is 30.6. The van der Waals surface area contributed by atoms with Gasteiger partial charge < -0.3 is 4.89 Å². The highest BCUT2D eigenvalue weighted by atomic mass is 31.2. The predicted molar refractivity (Wildman–Crippen MR) is 144 cm³/mol. The van der Waals surface area contributed by atoms with Gasteiger partial charge in [0.05, 0.1) is 13.2 Å². The SMILES string of the molecule is CCCCC(CC)COP(=O)(O)OCC(CC)CCCC.c1ccc(Cc2ccccc2)cc1. The van der Waals surface area contributed by atoms with Crippen molar-refractivity contribution in [1.82, 2.24) is 0 Å². The van der Waals surface area contributed by atoms with Crippen LogP contribution in [-0.4, -0.2) is 18.1 Å². The Morgan fingerprint density at radius 1 is 0.706 bits per heavy atom. The molecule has 0 spiro atoms. The number of phosphoric acid groups is 1. The van der Waals surface area contributed by atoms with Crippen LogP contribution in [0.15, 0.2) is 60.7 Å². The van der Waals surface area contributed by atoms with Crippen LogP contribution < -0.4 is 0 Å². The maximum Gasteiger partial charge on any atom is 0.472 e. The van der Waals surface area contributed by atoms with E-state index in [0.29, 0.717) is 25.0 Å². The summed E-state index contributed by atoms with van der Waals surface area (Å²) in [6, 6.07) is 21.1. The van der Waals surface area contributed by atoms with Gasteiger partial charge in [0.1, 0.15) is 0 Å². The summed E-state index contributed by atoms with van der Waals surface area (Å²) < 4.78 is 22.2. The van der Waals surface area contributed by atoms with Crippen LogP contribution in [0, 0.1) is 11.8 Å². The Morgan fingerprint density at radius 2 is 1.09 bits per heavy atom. The predicted octanol–water partition coefficient (Wildman–Crippen LogP) is 8.83. The lowest BCUT2D eigenvalue weighted by molar-refractivity contribution is 0.110. The molecular formula is C29H47O4P. The van der Waals surface area contributed by atoms with Crippen molar-refractivity contribution >= 4 is 7.82 Å². The second-order valence-corrected chi connectivity index (χ2v) is 10.5. The first-order valence-corrected chi connectivity index (χ1v) is 14.6. The van der Waals surface area contributed by atoms with Crippen molar-refractivity contribution < 1.29 is 18.5 Å². The molecule has 4 nitrogen and oxygen atoms in total. The van der Waals surface area contributed by atoms with Crippen LogP contribution in [0.1, 0.15) is 90.2 Å². The van der Waals surface area contributed by atoms with Gasteiger partial charge in [0.15, 0.2) is 0 Å². The molecule has 5 heteroatoms. The maximum absolute atomic E-state index is 11.9. The van der Waals surface area contributed by atoms with E-state index in [1.165, 1.54) is 11.1 Å². The van der Waals surface area contributed by atoms with Crippen molar-refractivity contribution in [2.45, 2.75) is 85.5 Å². The molecule has 0 aliphatic carbocycles. The lowest BCUT2D eigenvalue weighted by atomic mass is 10.0. The second kappa shape index (κ2) is 18.8. The smallest absolute Gasteiger partial charge is 0.302 e. The Kier molecular flexibility index (Phi) is 16.9.